The maximum Gasteiger partial charge on any atom is 0.256 e. The first-order valence-corrected chi connectivity index (χ1v) is 13.8. The van der Waals surface area contributed by atoms with Crippen LogP contribution in [0.15, 0.2) is 78.9 Å². The van der Waals surface area contributed by atoms with E-state index >= 15 is 0 Å². The SMILES string of the molecule is CCc1ccc(C(=O)N2CCC3(CC2)OC[C@@H](C(=O)N[C@H](C)c2ccccc2)N3C(=O)c2ccc(F)cc2)cc1. The minimum Gasteiger partial charge on any atom is -0.353 e. The molecule has 7 nitrogen and oxygen atoms in total. The number of carbonyl (C=O) groups is 3. The van der Waals surface area contributed by atoms with E-state index in [2.05, 4.69) is 12.2 Å². The van der Waals surface area contributed by atoms with Gasteiger partial charge in [0.05, 0.1) is 12.6 Å². The van der Waals surface area contributed by atoms with E-state index in [9.17, 15) is 18.8 Å². The van der Waals surface area contributed by atoms with Crippen LogP contribution in [0.5, 0.6) is 0 Å². The molecule has 0 bridgehead atoms. The summed E-state index contributed by atoms with van der Waals surface area (Å²) in [5, 5.41) is 3.03. The predicted octanol–water partition coefficient (Wildman–Crippen LogP) is 4.74. The van der Waals surface area contributed by atoms with Crippen molar-refractivity contribution in [3.63, 3.8) is 0 Å². The van der Waals surface area contributed by atoms with Crippen molar-refractivity contribution in [2.24, 2.45) is 0 Å². The number of nitrogens with zero attached hydrogens (tertiary/aromatic N) is 2. The molecule has 3 aromatic carbocycles. The van der Waals surface area contributed by atoms with Crippen molar-refractivity contribution < 1.29 is 23.5 Å². The average Bonchev–Trinajstić information content (AvgIpc) is 3.36. The molecule has 0 saturated carbocycles. The fraction of sp³-hybridized carbons (Fsp3) is 0.344. The zero-order valence-electron chi connectivity index (χ0n) is 22.8. The number of aryl methyl sites for hydroxylation is 1. The van der Waals surface area contributed by atoms with Gasteiger partial charge in [0, 0.05) is 37.1 Å². The number of rotatable bonds is 6. The van der Waals surface area contributed by atoms with Gasteiger partial charge in [-0.2, -0.15) is 0 Å². The van der Waals surface area contributed by atoms with Crippen LogP contribution in [0, 0.1) is 5.82 Å². The standard InChI is InChI=1S/C32H34FN3O4/c1-3-23-9-11-25(12-10-23)30(38)35-19-17-32(18-20-35)36(31(39)26-13-15-27(33)16-14-26)28(21-40-32)29(37)34-22(2)24-7-5-4-6-8-24/h4-16,22,28H,3,17-21H2,1-2H3,(H,34,37)/t22-,28+/m1/s1. The number of halogens is 1. The van der Waals surface area contributed by atoms with E-state index in [0.29, 0.717) is 31.5 Å². The molecule has 2 aliphatic heterocycles. The van der Waals surface area contributed by atoms with Crippen molar-refractivity contribution in [3.8, 4) is 0 Å². The van der Waals surface area contributed by atoms with Gasteiger partial charge in [0.15, 0.2) is 0 Å². The Morgan fingerprint density at radius 1 is 0.925 bits per heavy atom. The van der Waals surface area contributed by atoms with Crippen LogP contribution in [0.2, 0.25) is 0 Å². The smallest absolute Gasteiger partial charge is 0.256 e. The molecule has 1 N–H and O–H groups in total. The van der Waals surface area contributed by atoms with Gasteiger partial charge < -0.3 is 15.0 Å². The van der Waals surface area contributed by atoms with Crippen LogP contribution in [-0.2, 0) is 16.0 Å². The molecule has 0 radical (unpaired) electrons. The van der Waals surface area contributed by atoms with E-state index in [-0.39, 0.29) is 30.0 Å². The highest BCUT2D eigenvalue weighted by atomic mass is 19.1. The van der Waals surface area contributed by atoms with E-state index in [4.69, 9.17) is 4.74 Å². The number of hydrogen-bond acceptors (Lipinski definition) is 4. The molecule has 8 heteroatoms. The molecule has 0 aliphatic carbocycles. The van der Waals surface area contributed by atoms with Crippen molar-refractivity contribution in [3.05, 3.63) is 107 Å². The molecule has 208 valence electrons. The van der Waals surface area contributed by atoms with Gasteiger partial charge in [0.25, 0.3) is 11.8 Å². The van der Waals surface area contributed by atoms with Gasteiger partial charge in [0.2, 0.25) is 5.91 Å². The lowest BCUT2D eigenvalue weighted by molar-refractivity contribution is -0.128. The summed E-state index contributed by atoms with van der Waals surface area (Å²) in [5.74, 6) is -1.25. The van der Waals surface area contributed by atoms with Crippen molar-refractivity contribution in [1.82, 2.24) is 15.1 Å². The lowest BCUT2D eigenvalue weighted by Crippen LogP contribution is -2.60. The number of nitrogens with one attached hydrogen (secondary N) is 1. The fourth-order valence-corrected chi connectivity index (χ4v) is 5.56. The second-order valence-corrected chi connectivity index (χ2v) is 10.4. The Morgan fingerprint density at radius 3 is 2.15 bits per heavy atom. The lowest BCUT2D eigenvalue weighted by Gasteiger charge is -2.44. The molecule has 0 aromatic heterocycles. The third-order valence-corrected chi connectivity index (χ3v) is 7.97. The van der Waals surface area contributed by atoms with Crippen LogP contribution in [0.4, 0.5) is 4.39 Å². The molecular formula is C32H34FN3O4. The largest absolute Gasteiger partial charge is 0.353 e. The third-order valence-electron chi connectivity index (χ3n) is 7.97. The Morgan fingerprint density at radius 2 is 1.52 bits per heavy atom. The summed E-state index contributed by atoms with van der Waals surface area (Å²) in [7, 11) is 0. The van der Waals surface area contributed by atoms with Crippen LogP contribution in [0.1, 0.15) is 64.6 Å². The summed E-state index contributed by atoms with van der Waals surface area (Å²) in [6.07, 6.45) is 1.61. The summed E-state index contributed by atoms with van der Waals surface area (Å²) >= 11 is 0. The van der Waals surface area contributed by atoms with Gasteiger partial charge in [-0.15, -0.1) is 0 Å². The third kappa shape index (κ3) is 5.49. The molecule has 2 fully saturated rings. The molecule has 0 unspecified atom stereocenters. The molecule has 2 heterocycles. The Bertz CT molecular complexity index is 1350. The number of likely N-dealkylation sites (tertiary alicyclic amines) is 1. The molecular weight excluding hydrogens is 509 g/mol. The van der Waals surface area contributed by atoms with E-state index < -0.39 is 23.5 Å². The highest BCUT2D eigenvalue weighted by Crippen LogP contribution is 2.39. The summed E-state index contributed by atoms with van der Waals surface area (Å²) in [5.41, 5.74) is 1.95. The monoisotopic (exact) mass is 543 g/mol. The molecule has 5 rings (SSSR count). The van der Waals surface area contributed by atoms with Crippen LogP contribution in [0.3, 0.4) is 0 Å². The second kappa shape index (κ2) is 11.6. The first-order chi connectivity index (χ1) is 19.3. The quantitative estimate of drug-likeness (QED) is 0.487. The number of ether oxygens (including phenoxy) is 1. The highest BCUT2D eigenvalue weighted by molar-refractivity contribution is 5.98. The minimum absolute atomic E-state index is 0.0344. The summed E-state index contributed by atoms with van der Waals surface area (Å²) < 4.78 is 19.9. The Balaban J connectivity index is 1.36. The minimum atomic E-state index is -1.05. The van der Waals surface area contributed by atoms with Gasteiger partial charge in [-0.25, -0.2) is 4.39 Å². The second-order valence-electron chi connectivity index (χ2n) is 10.4. The van der Waals surface area contributed by atoms with E-state index in [1.807, 2.05) is 61.5 Å². The molecule has 2 atom stereocenters. The first-order valence-electron chi connectivity index (χ1n) is 13.8. The normalized spacial score (nSPS) is 18.9. The predicted molar refractivity (Wildman–Crippen MR) is 149 cm³/mol. The molecule has 3 amide bonds. The molecule has 2 saturated heterocycles. The topological polar surface area (TPSA) is 79.0 Å². The molecule has 1 spiro atoms. The van der Waals surface area contributed by atoms with Crippen molar-refractivity contribution >= 4 is 17.7 Å². The average molecular weight is 544 g/mol. The number of benzene rings is 3. The van der Waals surface area contributed by atoms with Crippen molar-refractivity contribution in [2.45, 2.75) is 50.9 Å². The van der Waals surface area contributed by atoms with Crippen molar-refractivity contribution in [2.75, 3.05) is 19.7 Å². The fourth-order valence-electron chi connectivity index (χ4n) is 5.56. The number of hydrogen-bond donors (Lipinski definition) is 1. The lowest BCUT2D eigenvalue weighted by atomic mass is 9.95. The summed E-state index contributed by atoms with van der Waals surface area (Å²) in [6.45, 7) is 4.73. The first kappa shape index (κ1) is 27.5. The highest BCUT2D eigenvalue weighted by Gasteiger charge is 2.54. The van der Waals surface area contributed by atoms with E-state index in [1.54, 1.807) is 4.90 Å². The van der Waals surface area contributed by atoms with Crippen LogP contribution in [0.25, 0.3) is 0 Å². The van der Waals surface area contributed by atoms with E-state index in [1.165, 1.54) is 29.2 Å². The Labute approximate surface area is 233 Å². The number of carbonyl (C=O) groups excluding carboxylic acids is 3. The number of amides is 3. The maximum atomic E-state index is 13.9. The molecule has 40 heavy (non-hydrogen) atoms. The molecule has 2 aliphatic rings. The summed E-state index contributed by atoms with van der Waals surface area (Å²) in [6, 6.07) is 21.4. The Hall–Kier alpha value is -4.04. The van der Waals surface area contributed by atoms with Crippen LogP contribution >= 0.6 is 0 Å². The maximum absolute atomic E-state index is 13.9. The van der Waals surface area contributed by atoms with Crippen LogP contribution < -0.4 is 5.32 Å². The summed E-state index contributed by atoms with van der Waals surface area (Å²) in [4.78, 5) is 43.9. The Kier molecular flexibility index (Phi) is 7.98. The zero-order valence-corrected chi connectivity index (χ0v) is 22.8. The van der Waals surface area contributed by atoms with E-state index in [0.717, 1.165) is 17.5 Å². The molecule has 3 aromatic rings. The van der Waals surface area contributed by atoms with Crippen LogP contribution in [-0.4, -0.2) is 59.0 Å². The van der Waals surface area contributed by atoms with Gasteiger partial charge in [-0.3, -0.25) is 19.3 Å². The van der Waals surface area contributed by atoms with Crippen molar-refractivity contribution in [1.29, 1.82) is 0 Å². The van der Waals surface area contributed by atoms with Gasteiger partial charge >= 0.3 is 0 Å². The van der Waals surface area contributed by atoms with Gasteiger partial charge in [0.1, 0.15) is 17.6 Å². The van der Waals surface area contributed by atoms with Gasteiger partial charge in [-0.05, 0) is 60.9 Å². The zero-order chi connectivity index (χ0) is 28.3. The number of piperidine rings is 1. The van der Waals surface area contributed by atoms with Gasteiger partial charge in [-0.1, -0.05) is 49.4 Å².